The number of carbonyl (C=O) groups is 1. The van der Waals surface area contributed by atoms with Gasteiger partial charge in [-0.05, 0) is 49.6 Å². The van der Waals surface area contributed by atoms with Crippen molar-refractivity contribution in [2.45, 2.75) is 19.8 Å². The van der Waals surface area contributed by atoms with E-state index >= 15 is 0 Å². The number of methoxy groups -OCH3 is 3. The standard InChI is InChI=1S/C22H25N3O4/c1-14-21(23-22(26)18-11-10-17(28-3)13-20(18)29-4)19(25-24-14)12-7-15-5-8-16(27-2)9-6-15/h5-6,8-11,13H,7,12H2,1-4H3,(H,23,26)(H,24,25). The predicted octanol–water partition coefficient (Wildman–Crippen LogP) is 3.78. The Bertz CT molecular complexity index is 980. The van der Waals surface area contributed by atoms with Gasteiger partial charge in [-0.15, -0.1) is 0 Å². The van der Waals surface area contributed by atoms with Crippen LogP contribution in [-0.4, -0.2) is 37.4 Å². The van der Waals surface area contributed by atoms with Gasteiger partial charge in [-0.25, -0.2) is 0 Å². The Morgan fingerprint density at radius 2 is 1.66 bits per heavy atom. The van der Waals surface area contributed by atoms with Gasteiger partial charge in [0.1, 0.15) is 17.2 Å². The Morgan fingerprint density at radius 3 is 2.31 bits per heavy atom. The highest BCUT2D eigenvalue weighted by atomic mass is 16.5. The second kappa shape index (κ2) is 9.14. The van der Waals surface area contributed by atoms with E-state index in [1.54, 1.807) is 32.4 Å². The van der Waals surface area contributed by atoms with Crippen LogP contribution in [0.5, 0.6) is 17.2 Å². The van der Waals surface area contributed by atoms with Crippen LogP contribution in [-0.2, 0) is 12.8 Å². The molecule has 7 nitrogen and oxygen atoms in total. The molecular weight excluding hydrogens is 370 g/mol. The normalized spacial score (nSPS) is 10.5. The molecule has 1 aromatic heterocycles. The van der Waals surface area contributed by atoms with Crippen molar-refractivity contribution in [3.05, 3.63) is 65.0 Å². The van der Waals surface area contributed by atoms with Gasteiger partial charge >= 0.3 is 0 Å². The average molecular weight is 395 g/mol. The van der Waals surface area contributed by atoms with Crippen LogP contribution in [0.25, 0.3) is 0 Å². The molecular formula is C22H25N3O4. The van der Waals surface area contributed by atoms with Gasteiger partial charge in [-0.3, -0.25) is 9.89 Å². The third-order valence-electron chi connectivity index (χ3n) is 4.72. The average Bonchev–Trinajstić information content (AvgIpc) is 3.11. The van der Waals surface area contributed by atoms with E-state index in [-0.39, 0.29) is 5.91 Å². The summed E-state index contributed by atoms with van der Waals surface area (Å²) in [4.78, 5) is 12.9. The SMILES string of the molecule is COc1ccc(CCc2n[nH]c(C)c2NC(=O)c2ccc(OC)cc2OC)cc1. The lowest BCUT2D eigenvalue weighted by molar-refractivity contribution is 0.102. The van der Waals surface area contributed by atoms with E-state index in [2.05, 4.69) is 15.5 Å². The van der Waals surface area contributed by atoms with Gasteiger partial charge in [-0.1, -0.05) is 12.1 Å². The van der Waals surface area contributed by atoms with E-state index in [1.807, 2.05) is 31.2 Å². The van der Waals surface area contributed by atoms with Crippen LogP contribution in [0.3, 0.4) is 0 Å². The molecule has 3 rings (SSSR count). The first-order valence-corrected chi connectivity index (χ1v) is 9.25. The maximum absolute atomic E-state index is 12.9. The molecule has 0 bridgehead atoms. The molecule has 0 unspecified atom stereocenters. The van der Waals surface area contributed by atoms with Gasteiger partial charge in [0.15, 0.2) is 0 Å². The number of anilines is 1. The minimum Gasteiger partial charge on any atom is -0.497 e. The molecule has 3 aromatic rings. The summed E-state index contributed by atoms with van der Waals surface area (Å²) in [5.41, 5.74) is 3.90. The summed E-state index contributed by atoms with van der Waals surface area (Å²) in [6, 6.07) is 13.0. The molecule has 2 aromatic carbocycles. The van der Waals surface area contributed by atoms with E-state index in [9.17, 15) is 4.79 Å². The van der Waals surface area contributed by atoms with Crippen LogP contribution in [0.15, 0.2) is 42.5 Å². The second-order valence-corrected chi connectivity index (χ2v) is 6.54. The first-order chi connectivity index (χ1) is 14.0. The number of hydrogen-bond acceptors (Lipinski definition) is 5. The molecule has 0 saturated carbocycles. The number of amides is 1. The van der Waals surface area contributed by atoms with Crippen LogP contribution in [0.1, 0.15) is 27.3 Å². The smallest absolute Gasteiger partial charge is 0.259 e. The number of carbonyl (C=O) groups excluding carboxylic acids is 1. The predicted molar refractivity (Wildman–Crippen MR) is 111 cm³/mol. The fourth-order valence-corrected chi connectivity index (χ4v) is 3.05. The topological polar surface area (TPSA) is 85.5 Å². The summed E-state index contributed by atoms with van der Waals surface area (Å²) in [5.74, 6) is 1.63. The summed E-state index contributed by atoms with van der Waals surface area (Å²) in [6.07, 6.45) is 1.48. The summed E-state index contributed by atoms with van der Waals surface area (Å²) in [5, 5.41) is 10.3. The van der Waals surface area contributed by atoms with Crippen molar-refractivity contribution >= 4 is 11.6 Å². The third-order valence-corrected chi connectivity index (χ3v) is 4.72. The number of hydrogen-bond donors (Lipinski definition) is 2. The Balaban J connectivity index is 1.74. The van der Waals surface area contributed by atoms with Crippen molar-refractivity contribution in [2.24, 2.45) is 0 Å². The molecule has 7 heteroatoms. The summed E-state index contributed by atoms with van der Waals surface area (Å²) in [7, 11) is 4.74. The van der Waals surface area contributed by atoms with Crippen LogP contribution in [0, 0.1) is 6.92 Å². The minimum absolute atomic E-state index is 0.264. The first kappa shape index (κ1) is 20.3. The number of H-pyrrole nitrogens is 1. The molecule has 1 amide bonds. The Labute approximate surface area is 170 Å². The van der Waals surface area contributed by atoms with Gasteiger partial charge in [0.2, 0.25) is 0 Å². The van der Waals surface area contributed by atoms with Crippen LogP contribution >= 0.6 is 0 Å². The van der Waals surface area contributed by atoms with Crippen molar-refractivity contribution in [3.63, 3.8) is 0 Å². The van der Waals surface area contributed by atoms with E-state index in [1.165, 1.54) is 12.7 Å². The maximum atomic E-state index is 12.9. The molecule has 0 atom stereocenters. The van der Waals surface area contributed by atoms with Crippen molar-refractivity contribution in [1.82, 2.24) is 10.2 Å². The fraction of sp³-hybridized carbons (Fsp3) is 0.273. The van der Waals surface area contributed by atoms with Gasteiger partial charge < -0.3 is 19.5 Å². The number of nitrogens with one attached hydrogen (secondary N) is 2. The van der Waals surface area contributed by atoms with E-state index in [4.69, 9.17) is 14.2 Å². The van der Waals surface area contributed by atoms with Gasteiger partial charge in [-0.2, -0.15) is 5.10 Å². The fourth-order valence-electron chi connectivity index (χ4n) is 3.05. The van der Waals surface area contributed by atoms with E-state index < -0.39 is 0 Å². The third kappa shape index (κ3) is 4.68. The highest BCUT2D eigenvalue weighted by molar-refractivity contribution is 6.06. The van der Waals surface area contributed by atoms with Gasteiger partial charge in [0.05, 0.1) is 44.0 Å². The maximum Gasteiger partial charge on any atom is 0.259 e. The number of nitrogens with zero attached hydrogens (tertiary/aromatic N) is 1. The molecule has 0 aliphatic carbocycles. The molecule has 0 aliphatic rings. The van der Waals surface area contributed by atoms with Crippen molar-refractivity contribution < 1.29 is 19.0 Å². The molecule has 0 spiro atoms. The number of ether oxygens (including phenoxy) is 3. The molecule has 0 saturated heterocycles. The lowest BCUT2D eigenvalue weighted by Gasteiger charge is -2.11. The van der Waals surface area contributed by atoms with Crippen LogP contribution < -0.4 is 19.5 Å². The highest BCUT2D eigenvalue weighted by Gasteiger charge is 2.18. The van der Waals surface area contributed by atoms with E-state index in [0.717, 1.165) is 23.6 Å². The van der Waals surface area contributed by atoms with Crippen molar-refractivity contribution in [3.8, 4) is 17.2 Å². The number of aromatic amines is 1. The Hall–Kier alpha value is -3.48. The highest BCUT2D eigenvalue weighted by Crippen LogP contribution is 2.27. The lowest BCUT2D eigenvalue weighted by atomic mass is 10.1. The van der Waals surface area contributed by atoms with Crippen LogP contribution in [0.2, 0.25) is 0 Å². The molecule has 0 radical (unpaired) electrons. The zero-order valence-electron chi connectivity index (χ0n) is 17.0. The number of aryl methyl sites for hydroxylation is 3. The van der Waals surface area contributed by atoms with Crippen molar-refractivity contribution in [1.29, 1.82) is 0 Å². The summed E-state index contributed by atoms with van der Waals surface area (Å²) < 4.78 is 15.7. The molecule has 1 heterocycles. The number of rotatable bonds is 8. The monoisotopic (exact) mass is 395 g/mol. The van der Waals surface area contributed by atoms with Gasteiger partial charge in [0, 0.05) is 6.07 Å². The molecule has 152 valence electrons. The molecule has 29 heavy (non-hydrogen) atoms. The van der Waals surface area contributed by atoms with Crippen LogP contribution in [0.4, 0.5) is 5.69 Å². The van der Waals surface area contributed by atoms with Gasteiger partial charge in [0.25, 0.3) is 5.91 Å². The Morgan fingerprint density at radius 1 is 0.966 bits per heavy atom. The zero-order valence-corrected chi connectivity index (χ0v) is 17.0. The first-order valence-electron chi connectivity index (χ1n) is 9.25. The second-order valence-electron chi connectivity index (χ2n) is 6.54. The minimum atomic E-state index is -0.264. The molecule has 0 fully saturated rings. The Kier molecular flexibility index (Phi) is 6.39. The van der Waals surface area contributed by atoms with E-state index in [0.29, 0.717) is 29.2 Å². The summed E-state index contributed by atoms with van der Waals surface area (Å²) >= 11 is 0. The number of aromatic nitrogens is 2. The molecule has 2 N–H and O–H groups in total. The zero-order chi connectivity index (χ0) is 20.8. The lowest BCUT2D eigenvalue weighted by Crippen LogP contribution is -2.15. The quantitative estimate of drug-likeness (QED) is 0.606. The van der Waals surface area contributed by atoms with Crippen molar-refractivity contribution in [2.75, 3.05) is 26.6 Å². The molecule has 0 aliphatic heterocycles. The summed E-state index contributed by atoms with van der Waals surface area (Å²) in [6.45, 7) is 1.88. The number of benzene rings is 2. The largest absolute Gasteiger partial charge is 0.497 e.